The summed E-state index contributed by atoms with van der Waals surface area (Å²) in [7, 11) is 2.05. The number of benzene rings is 3. The number of carbonyl (C=O) groups excluding carboxylic acids is 1. The van der Waals surface area contributed by atoms with E-state index in [-0.39, 0.29) is 5.91 Å². The number of aromatic carboxylic acids is 1. The third kappa shape index (κ3) is 5.79. The molecular formula is C37H41N3O5. The van der Waals surface area contributed by atoms with Crippen LogP contribution in [0.2, 0.25) is 0 Å². The van der Waals surface area contributed by atoms with Gasteiger partial charge in [-0.1, -0.05) is 31.4 Å². The van der Waals surface area contributed by atoms with Crippen molar-refractivity contribution in [1.82, 2.24) is 4.57 Å². The van der Waals surface area contributed by atoms with Crippen LogP contribution in [0.25, 0.3) is 22.2 Å². The lowest BCUT2D eigenvalue weighted by Crippen LogP contribution is -2.37. The summed E-state index contributed by atoms with van der Waals surface area (Å²) < 4.78 is 14.1. The van der Waals surface area contributed by atoms with Crippen molar-refractivity contribution in [2.45, 2.75) is 57.5 Å². The van der Waals surface area contributed by atoms with Crippen molar-refractivity contribution in [3.8, 4) is 17.0 Å². The highest BCUT2D eigenvalue weighted by Crippen LogP contribution is 2.44. The first-order chi connectivity index (χ1) is 22.0. The zero-order valence-electron chi connectivity index (χ0n) is 26.0. The van der Waals surface area contributed by atoms with E-state index in [4.69, 9.17) is 9.47 Å². The Balaban J connectivity index is 1.17. The van der Waals surface area contributed by atoms with Gasteiger partial charge in [-0.15, -0.1) is 0 Å². The van der Waals surface area contributed by atoms with Crippen LogP contribution < -0.4 is 14.5 Å². The largest absolute Gasteiger partial charge is 0.489 e. The molecule has 0 bridgehead atoms. The highest BCUT2D eigenvalue weighted by molar-refractivity contribution is 5.98. The van der Waals surface area contributed by atoms with Gasteiger partial charge < -0.3 is 28.9 Å². The maximum absolute atomic E-state index is 12.5. The molecule has 4 aromatic rings. The average molecular weight is 608 g/mol. The summed E-state index contributed by atoms with van der Waals surface area (Å²) in [5.74, 6) is 0.529. The van der Waals surface area contributed by atoms with E-state index in [9.17, 15) is 14.7 Å². The molecule has 2 saturated heterocycles. The summed E-state index contributed by atoms with van der Waals surface area (Å²) in [5.41, 5.74) is 8.00. The molecule has 0 unspecified atom stereocenters. The summed E-state index contributed by atoms with van der Waals surface area (Å²) in [6.07, 6.45) is 7.55. The topological polar surface area (TPSA) is 84.2 Å². The number of amides is 1. The van der Waals surface area contributed by atoms with Gasteiger partial charge >= 0.3 is 5.97 Å². The molecule has 3 heterocycles. The van der Waals surface area contributed by atoms with E-state index in [1.54, 1.807) is 6.07 Å². The van der Waals surface area contributed by atoms with Crippen molar-refractivity contribution in [3.05, 3.63) is 77.4 Å². The Morgan fingerprint density at radius 1 is 0.933 bits per heavy atom. The Morgan fingerprint density at radius 3 is 2.42 bits per heavy atom. The van der Waals surface area contributed by atoms with Crippen LogP contribution in [-0.2, 0) is 23.2 Å². The second-order valence-corrected chi connectivity index (χ2v) is 12.6. The normalized spacial score (nSPS) is 17.8. The van der Waals surface area contributed by atoms with Gasteiger partial charge in [-0.05, 0) is 84.8 Å². The minimum atomic E-state index is -0.906. The van der Waals surface area contributed by atoms with Crippen LogP contribution in [0.4, 0.5) is 11.4 Å². The van der Waals surface area contributed by atoms with Gasteiger partial charge in [0.1, 0.15) is 12.4 Å². The number of ether oxygens (including phenoxy) is 2. The van der Waals surface area contributed by atoms with Gasteiger partial charge in [0.25, 0.3) is 0 Å². The summed E-state index contributed by atoms with van der Waals surface area (Å²) in [6.45, 7) is 4.17. The Hall–Kier alpha value is -4.30. The predicted molar refractivity (Wildman–Crippen MR) is 177 cm³/mol. The number of aryl methyl sites for hydroxylation is 1. The number of carboxylic acids is 1. The summed E-state index contributed by atoms with van der Waals surface area (Å²) in [6, 6.07) is 20.1. The standard InChI is InChI=1S/C37H41N3O5/c1-38-33-22-27(37(42)43)12-16-31(33)35(25-6-3-2-4-7-25)36(38)26-10-14-30(15-11-26)45-24-28-9-13-29(40-17-5-8-34(40)41)23-32(28)39-18-20-44-21-19-39/h9-16,22-23,25H,2-8,17-21,24H2,1H3,(H,42,43). The van der Waals surface area contributed by atoms with E-state index in [2.05, 4.69) is 33.7 Å². The van der Waals surface area contributed by atoms with Gasteiger partial charge in [0.2, 0.25) is 5.91 Å². The number of fused-ring (bicyclic) bond motifs is 1. The molecule has 3 aliphatic rings. The minimum absolute atomic E-state index is 0.187. The third-order valence-corrected chi connectivity index (χ3v) is 9.83. The zero-order chi connectivity index (χ0) is 30.9. The monoisotopic (exact) mass is 607 g/mol. The van der Waals surface area contributed by atoms with Gasteiger partial charge in [0, 0.05) is 60.9 Å². The molecule has 1 N–H and O–H groups in total. The quantitative estimate of drug-likeness (QED) is 0.229. The van der Waals surface area contributed by atoms with Crippen LogP contribution in [0.15, 0.2) is 60.7 Å². The molecule has 1 saturated carbocycles. The lowest BCUT2D eigenvalue weighted by atomic mass is 9.82. The highest BCUT2D eigenvalue weighted by atomic mass is 16.5. The van der Waals surface area contributed by atoms with E-state index in [0.29, 0.717) is 37.7 Å². The minimum Gasteiger partial charge on any atom is -0.489 e. The van der Waals surface area contributed by atoms with Gasteiger partial charge in [-0.3, -0.25) is 4.79 Å². The van der Waals surface area contributed by atoms with Crippen molar-refractivity contribution >= 4 is 34.2 Å². The fourth-order valence-corrected chi connectivity index (χ4v) is 7.48. The molecule has 8 nitrogen and oxygen atoms in total. The number of hydrogen-bond acceptors (Lipinski definition) is 5. The predicted octanol–water partition coefficient (Wildman–Crippen LogP) is 7.13. The van der Waals surface area contributed by atoms with Crippen LogP contribution >= 0.6 is 0 Å². The Bertz CT molecular complexity index is 1710. The fraction of sp³-hybridized carbons (Fsp3) is 0.405. The van der Waals surface area contributed by atoms with Crippen LogP contribution in [0, 0.1) is 0 Å². The molecule has 234 valence electrons. The lowest BCUT2D eigenvalue weighted by Gasteiger charge is -2.31. The van der Waals surface area contributed by atoms with Gasteiger partial charge in [0.15, 0.2) is 0 Å². The Labute approximate surface area is 264 Å². The van der Waals surface area contributed by atoms with Crippen LogP contribution in [0.3, 0.4) is 0 Å². The van der Waals surface area contributed by atoms with Crippen molar-refractivity contribution in [1.29, 1.82) is 0 Å². The smallest absolute Gasteiger partial charge is 0.335 e. The molecule has 0 spiro atoms. The molecule has 8 heteroatoms. The summed E-state index contributed by atoms with van der Waals surface area (Å²) >= 11 is 0. The molecule has 0 radical (unpaired) electrons. The van der Waals surface area contributed by atoms with E-state index in [1.807, 2.05) is 42.3 Å². The number of nitrogens with zero attached hydrogens (tertiary/aromatic N) is 3. The van der Waals surface area contributed by atoms with E-state index in [0.717, 1.165) is 83.7 Å². The van der Waals surface area contributed by atoms with Crippen molar-refractivity contribution < 1.29 is 24.2 Å². The van der Waals surface area contributed by atoms with Gasteiger partial charge in [0.05, 0.1) is 24.5 Å². The molecule has 1 amide bonds. The maximum atomic E-state index is 12.5. The molecule has 3 aromatic carbocycles. The molecule has 2 aliphatic heterocycles. The van der Waals surface area contributed by atoms with E-state index >= 15 is 0 Å². The number of anilines is 2. The van der Waals surface area contributed by atoms with Gasteiger partial charge in [-0.2, -0.15) is 0 Å². The fourth-order valence-electron chi connectivity index (χ4n) is 7.48. The number of carbonyl (C=O) groups is 2. The van der Waals surface area contributed by atoms with Crippen molar-refractivity contribution in [2.75, 3.05) is 42.6 Å². The SMILES string of the molecule is Cn1c(-c2ccc(OCc3ccc(N4CCCC4=O)cc3N3CCOCC3)cc2)c(C2CCCCC2)c2ccc(C(=O)O)cc21. The Kier molecular flexibility index (Phi) is 8.23. The molecule has 1 aliphatic carbocycles. The first kappa shape index (κ1) is 29.4. The van der Waals surface area contributed by atoms with E-state index < -0.39 is 5.97 Å². The maximum Gasteiger partial charge on any atom is 0.335 e. The average Bonchev–Trinajstić information content (AvgIpc) is 3.64. The first-order valence-electron chi connectivity index (χ1n) is 16.3. The van der Waals surface area contributed by atoms with Crippen LogP contribution in [-0.4, -0.2) is 54.4 Å². The number of rotatable bonds is 8. The molecule has 45 heavy (non-hydrogen) atoms. The van der Waals surface area contributed by atoms with E-state index in [1.165, 1.54) is 24.8 Å². The Morgan fingerprint density at radius 2 is 1.71 bits per heavy atom. The molecule has 3 fully saturated rings. The second kappa shape index (κ2) is 12.6. The zero-order valence-corrected chi connectivity index (χ0v) is 26.0. The number of aromatic nitrogens is 1. The first-order valence-corrected chi connectivity index (χ1v) is 16.3. The third-order valence-electron chi connectivity index (χ3n) is 9.83. The number of morpholine rings is 1. The van der Waals surface area contributed by atoms with Crippen LogP contribution in [0.1, 0.15) is 72.3 Å². The number of carboxylic acid groups (broad SMARTS) is 1. The molecule has 0 atom stereocenters. The van der Waals surface area contributed by atoms with Gasteiger partial charge in [-0.25, -0.2) is 4.79 Å². The van der Waals surface area contributed by atoms with Crippen molar-refractivity contribution in [3.63, 3.8) is 0 Å². The van der Waals surface area contributed by atoms with Crippen LogP contribution in [0.5, 0.6) is 5.75 Å². The molecule has 7 rings (SSSR count). The number of hydrogen-bond donors (Lipinski definition) is 1. The summed E-state index contributed by atoms with van der Waals surface area (Å²) in [5, 5.41) is 10.8. The summed E-state index contributed by atoms with van der Waals surface area (Å²) in [4.78, 5) is 28.5. The molecule has 1 aromatic heterocycles. The highest BCUT2D eigenvalue weighted by Gasteiger charge is 2.27. The lowest BCUT2D eigenvalue weighted by molar-refractivity contribution is -0.117. The second-order valence-electron chi connectivity index (χ2n) is 12.6. The molecular weight excluding hydrogens is 566 g/mol. The van der Waals surface area contributed by atoms with Crippen molar-refractivity contribution in [2.24, 2.45) is 7.05 Å².